The van der Waals surface area contributed by atoms with Gasteiger partial charge in [0.25, 0.3) is 0 Å². The number of hydrogen-bond acceptors (Lipinski definition) is 6. The van der Waals surface area contributed by atoms with E-state index in [9.17, 15) is 19.2 Å². The van der Waals surface area contributed by atoms with Crippen molar-refractivity contribution in [2.75, 3.05) is 26.2 Å². The first-order valence-electron chi connectivity index (χ1n) is 12.7. The van der Waals surface area contributed by atoms with Gasteiger partial charge in [0.2, 0.25) is 0 Å². The minimum Gasteiger partial charge on any atom is -0.444 e. The second-order valence-corrected chi connectivity index (χ2v) is 11.6. The summed E-state index contributed by atoms with van der Waals surface area (Å²) in [7, 11) is 0. The summed E-state index contributed by atoms with van der Waals surface area (Å²) in [5.74, 6) is 0.432. The van der Waals surface area contributed by atoms with Crippen LogP contribution in [0.25, 0.3) is 0 Å². The van der Waals surface area contributed by atoms with Gasteiger partial charge in [-0.25, -0.2) is 9.59 Å². The Morgan fingerprint density at radius 1 is 0.882 bits per heavy atom. The van der Waals surface area contributed by atoms with Crippen molar-refractivity contribution in [3.05, 3.63) is 12.2 Å². The van der Waals surface area contributed by atoms with E-state index in [0.29, 0.717) is 58.2 Å². The number of allylic oxidation sites excluding steroid dienone is 2. The Kier molecular flexibility index (Phi) is 6.80. The van der Waals surface area contributed by atoms with E-state index in [2.05, 4.69) is 0 Å². The van der Waals surface area contributed by atoms with Gasteiger partial charge in [-0.15, -0.1) is 0 Å². The molecule has 3 fully saturated rings. The second-order valence-electron chi connectivity index (χ2n) is 11.6. The van der Waals surface area contributed by atoms with Gasteiger partial charge in [-0.3, -0.25) is 9.59 Å². The molecule has 188 valence electrons. The van der Waals surface area contributed by atoms with E-state index in [0.717, 1.165) is 19.3 Å². The molecule has 0 N–H and O–H groups in total. The number of hydrogen-bond donors (Lipinski definition) is 0. The number of carbonyl (C=O) groups is 4. The Morgan fingerprint density at radius 2 is 1.53 bits per heavy atom. The molecule has 8 heteroatoms. The lowest BCUT2D eigenvalue weighted by atomic mass is 9.66. The van der Waals surface area contributed by atoms with Gasteiger partial charge in [0.05, 0.1) is 6.54 Å². The zero-order chi connectivity index (χ0) is 24.6. The zero-order valence-corrected chi connectivity index (χ0v) is 20.8. The molecule has 2 spiro atoms. The molecule has 0 aromatic rings. The molecule has 1 atom stereocenters. The molecule has 0 bridgehead atoms. The third-order valence-corrected chi connectivity index (χ3v) is 8.16. The zero-order valence-electron chi connectivity index (χ0n) is 20.8. The maximum absolute atomic E-state index is 13.2. The van der Waals surface area contributed by atoms with Crippen LogP contribution in [0.5, 0.6) is 0 Å². The molecule has 4 rings (SSSR count). The lowest BCUT2D eigenvalue weighted by molar-refractivity contribution is -0.128. The Morgan fingerprint density at radius 3 is 2.12 bits per heavy atom. The van der Waals surface area contributed by atoms with Crippen LogP contribution in [0.15, 0.2) is 12.2 Å². The SMILES string of the molecule is CC(C)(C)OC(=O)N1CCC2(CCC(=O)CC2)C(OC(=O)N2CCC3(C=CC(=O)CC3)CC2)C1. The molecule has 1 unspecified atom stereocenters. The van der Waals surface area contributed by atoms with Crippen LogP contribution >= 0.6 is 0 Å². The molecule has 2 heterocycles. The van der Waals surface area contributed by atoms with E-state index >= 15 is 0 Å². The van der Waals surface area contributed by atoms with Crippen LogP contribution in [0.2, 0.25) is 0 Å². The van der Waals surface area contributed by atoms with Gasteiger partial charge in [0.15, 0.2) is 5.78 Å². The normalized spacial score (nSPS) is 26.6. The van der Waals surface area contributed by atoms with E-state index in [1.807, 2.05) is 26.8 Å². The summed E-state index contributed by atoms with van der Waals surface area (Å²) in [6.07, 6.45) is 8.65. The molecule has 2 saturated heterocycles. The summed E-state index contributed by atoms with van der Waals surface area (Å²) < 4.78 is 11.7. The van der Waals surface area contributed by atoms with Gasteiger partial charge in [-0.2, -0.15) is 0 Å². The van der Waals surface area contributed by atoms with Crippen LogP contribution in [0.3, 0.4) is 0 Å². The number of carbonyl (C=O) groups excluding carboxylic acids is 4. The third-order valence-electron chi connectivity index (χ3n) is 8.16. The van der Waals surface area contributed by atoms with Crippen molar-refractivity contribution < 1.29 is 28.7 Å². The molecule has 0 aromatic carbocycles. The molecule has 4 aliphatic rings. The van der Waals surface area contributed by atoms with Crippen LogP contribution in [-0.2, 0) is 19.1 Å². The first-order valence-corrected chi connectivity index (χ1v) is 12.7. The van der Waals surface area contributed by atoms with E-state index in [4.69, 9.17) is 9.47 Å². The Bertz CT molecular complexity index is 855. The summed E-state index contributed by atoms with van der Waals surface area (Å²) in [5.41, 5.74) is -0.864. The molecule has 1 saturated carbocycles. The van der Waals surface area contributed by atoms with Crippen molar-refractivity contribution in [2.45, 2.75) is 90.3 Å². The number of nitrogens with zero attached hydrogens (tertiary/aromatic N) is 2. The summed E-state index contributed by atoms with van der Waals surface area (Å²) in [4.78, 5) is 52.8. The first-order chi connectivity index (χ1) is 16.0. The van der Waals surface area contributed by atoms with Gasteiger partial charge >= 0.3 is 12.2 Å². The minimum atomic E-state index is -0.600. The highest BCUT2D eigenvalue weighted by Crippen LogP contribution is 2.46. The fraction of sp³-hybridized carbons (Fsp3) is 0.769. The predicted octanol–water partition coefficient (Wildman–Crippen LogP) is 4.26. The van der Waals surface area contributed by atoms with Gasteiger partial charge in [0.1, 0.15) is 17.5 Å². The lowest BCUT2D eigenvalue weighted by Crippen LogP contribution is -2.57. The van der Waals surface area contributed by atoms with Crippen LogP contribution in [0.1, 0.15) is 78.6 Å². The molecule has 34 heavy (non-hydrogen) atoms. The Labute approximate surface area is 202 Å². The van der Waals surface area contributed by atoms with Gasteiger partial charge in [-0.1, -0.05) is 6.08 Å². The highest BCUT2D eigenvalue weighted by atomic mass is 16.6. The van der Waals surface area contributed by atoms with Gasteiger partial charge in [-0.05, 0) is 70.8 Å². The fourth-order valence-electron chi connectivity index (χ4n) is 5.81. The van der Waals surface area contributed by atoms with Crippen molar-refractivity contribution in [3.8, 4) is 0 Å². The second kappa shape index (κ2) is 9.34. The number of Topliss-reactive ketones (excluding diaryl/α,β-unsaturated/α-hetero) is 1. The van der Waals surface area contributed by atoms with Crippen molar-refractivity contribution in [3.63, 3.8) is 0 Å². The predicted molar refractivity (Wildman–Crippen MR) is 125 cm³/mol. The number of rotatable bonds is 1. The number of likely N-dealkylation sites (tertiary alicyclic amines) is 2. The maximum atomic E-state index is 13.2. The summed E-state index contributed by atoms with van der Waals surface area (Å²) in [5, 5.41) is 0. The Balaban J connectivity index is 1.42. The maximum Gasteiger partial charge on any atom is 0.410 e. The molecular formula is C26H38N2O6. The lowest BCUT2D eigenvalue weighted by Gasteiger charge is -2.49. The van der Waals surface area contributed by atoms with Crippen LogP contribution < -0.4 is 0 Å². The van der Waals surface area contributed by atoms with E-state index in [1.165, 1.54) is 0 Å². The third kappa shape index (κ3) is 5.47. The number of ketones is 2. The molecule has 8 nitrogen and oxygen atoms in total. The average molecular weight is 475 g/mol. The largest absolute Gasteiger partial charge is 0.444 e. The Hall–Kier alpha value is -2.38. The molecular weight excluding hydrogens is 436 g/mol. The van der Waals surface area contributed by atoms with E-state index in [-0.39, 0.29) is 35.0 Å². The average Bonchev–Trinajstić information content (AvgIpc) is 2.78. The molecule has 0 radical (unpaired) electrons. The highest BCUT2D eigenvalue weighted by molar-refractivity contribution is 5.90. The summed E-state index contributed by atoms with van der Waals surface area (Å²) >= 11 is 0. The summed E-state index contributed by atoms with van der Waals surface area (Å²) in [6.45, 7) is 7.51. The number of ether oxygens (including phenoxy) is 2. The molecule has 2 amide bonds. The van der Waals surface area contributed by atoms with Crippen LogP contribution in [0, 0.1) is 10.8 Å². The van der Waals surface area contributed by atoms with E-state index < -0.39 is 17.8 Å². The van der Waals surface area contributed by atoms with E-state index in [1.54, 1.807) is 15.9 Å². The molecule has 0 aromatic heterocycles. The standard InChI is InChI=1S/C26H38N2O6/c1-24(2,3)34-23(32)28-17-14-26(10-6-20(30)7-11-26)21(18-28)33-22(31)27-15-12-25(13-16-27)8-4-19(29)5-9-25/h4,8,21H,5-7,9-18H2,1-3H3. The highest BCUT2D eigenvalue weighted by Gasteiger charge is 2.49. The van der Waals surface area contributed by atoms with Crippen molar-refractivity contribution in [1.82, 2.24) is 9.80 Å². The fourth-order valence-corrected chi connectivity index (χ4v) is 5.81. The summed E-state index contributed by atoms with van der Waals surface area (Å²) in [6, 6.07) is 0. The number of piperidine rings is 2. The minimum absolute atomic E-state index is 0.00793. The quantitative estimate of drug-likeness (QED) is 0.564. The first kappa shape index (κ1) is 24.7. The van der Waals surface area contributed by atoms with Crippen LogP contribution in [0.4, 0.5) is 9.59 Å². The topological polar surface area (TPSA) is 93.2 Å². The van der Waals surface area contributed by atoms with Crippen molar-refractivity contribution in [2.24, 2.45) is 10.8 Å². The monoisotopic (exact) mass is 474 g/mol. The van der Waals surface area contributed by atoms with Crippen molar-refractivity contribution in [1.29, 1.82) is 0 Å². The van der Waals surface area contributed by atoms with Gasteiger partial charge < -0.3 is 19.3 Å². The molecule has 2 aliphatic carbocycles. The molecule has 2 aliphatic heterocycles. The van der Waals surface area contributed by atoms with Crippen LogP contribution in [-0.4, -0.2) is 71.4 Å². The number of amides is 2. The van der Waals surface area contributed by atoms with Gasteiger partial charge in [0, 0.05) is 44.3 Å². The van der Waals surface area contributed by atoms with Crippen molar-refractivity contribution >= 4 is 23.8 Å². The smallest absolute Gasteiger partial charge is 0.410 e.